The second-order valence-electron chi connectivity index (χ2n) is 10.3. The Morgan fingerprint density at radius 3 is 1.67 bits per heavy atom. The third-order valence-corrected chi connectivity index (χ3v) is 7.21. The largest absolute Gasteiger partial charge is 0.493 e. The van der Waals surface area contributed by atoms with Gasteiger partial charge in [0.05, 0.1) is 61.3 Å². The van der Waals surface area contributed by atoms with Gasteiger partial charge < -0.3 is 39.7 Å². The van der Waals surface area contributed by atoms with E-state index in [1.54, 1.807) is 48.5 Å². The highest BCUT2D eigenvalue weighted by Gasteiger charge is 2.23. The van der Waals surface area contributed by atoms with Gasteiger partial charge in [-0.15, -0.1) is 0 Å². The Labute approximate surface area is 279 Å². The molecule has 0 bridgehead atoms. The lowest BCUT2D eigenvalue weighted by atomic mass is 9.93. The van der Waals surface area contributed by atoms with E-state index in [1.165, 1.54) is 38.5 Å². The average Bonchev–Trinajstić information content (AvgIpc) is 3.11. The van der Waals surface area contributed by atoms with Gasteiger partial charge in [-0.2, -0.15) is 5.48 Å². The molecule has 0 radical (unpaired) electrons. The molecule has 254 valence electrons. The summed E-state index contributed by atoms with van der Waals surface area (Å²) in [5.74, 6) is -3.60. The Morgan fingerprint density at radius 2 is 1.16 bits per heavy atom. The second kappa shape index (κ2) is 16.5. The quantitative estimate of drug-likeness (QED) is 0.0653. The molecule has 0 heterocycles. The molecule has 1 amide bonds. The van der Waals surface area contributed by atoms with Gasteiger partial charge in [0.15, 0.2) is 0 Å². The van der Waals surface area contributed by atoms with E-state index in [2.05, 4.69) is 15.5 Å². The first-order valence-electron chi connectivity index (χ1n) is 14.6. The van der Waals surface area contributed by atoms with Crippen LogP contribution in [0.5, 0.6) is 11.5 Å². The lowest BCUT2D eigenvalue weighted by molar-refractivity contribution is 0.0591. The van der Waals surface area contributed by atoms with Crippen LogP contribution in [0, 0.1) is 0 Å². The summed E-state index contributed by atoms with van der Waals surface area (Å²) in [6.07, 6.45) is 0.512. The molecule has 4 aromatic carbocycles. The van der Waals surface area contributed by atoms with Crippen molar-refractivity contribution < 1.29 is 58.3 Å². The van der Waals surface area contributed by atoms with Gasteiger partial charge in [0.1, 0.15) is 11.5 Å². The summed E-state index contributed by atoms with van der Waals surface area (Å²) in [6, 6.07) is 19.6. The number of nitrogens with one attached hydrogen (secondary N) is 2. The van der Waals surface area contributed by atoms with Crippen LogP contribution < -0.4 is 20.3 Å². The molecule has 0 saturated carbocycles. The molecular weight excluding hydrogens is 640 g/mol. The molecule has 0 aliphatic rings. The van der Waals surface area contributed by atoms with Crippen molar-refractivity contribution in [1.29, 1.82) is 0 Å². The Balaban J connectivity index is 1.29. The van der Waals surface area contributed by atoms with Crippen molar-refractivity contribution in [2.45, 2.75) is 12.5 Å². The summed E-state index contributed by atoms with van der Waals surface area (Å²) in [4.78, 5) is 60.1. The smallest absolute Gasteiger partial charge is 0.337 e. The molecule has 0 aliphatic heterocycles. The lowest BCUT2D eigenvalue weighted by Gasteiger charge is -2.19. The van der Waals surface area contributed by atoms with Crippen molar-refractivity contribution in [1.82, 2.24) is 5.48 Å². The van der Waals surface area contributed by atoms with Crippen LogP contribution in [0.25, 0.3) is 0 Å². The minimum absolute atomic E-state index is 0.0332. The Bertz CT molecular complexity index is 1840. The fourth-order valence-electron chi connectivity index (χ4n) is 4.76. The van der Waals surface area contributed by atoms with Crippen LogP contribution in [0.3, 0.4) is 0 Å². The molecular formula is C35H32N2O12. The van der Waals surface area contributed by atoms with Gasteiger partial charge in [-0.05, 0) is 83.9 Å². The van der Waals surface area contributed by atoms with Crippen LogP contribution in [0.15, 0.2) is 84.9 Å². The van der Waals surface area contributed by atoms with Crippen molar-refractivity contribution in [3.8, 4) is 11.5 Å². The van der Waals surface area contributed by atoms with E-state index >= 15 is 0 Å². The monoisotopic (exact) mass is 672 g/mol. The Morgan fingerprint density at radius 1 is 0.653 bits per heavy atom. The normalized spacial score (nSPS) is 11.2. The van der Waals surface area contributed by atoms with E-state index in [4.69, 9.17) is 14.2 Å². The number of carboxylic acid groups (broad SMARTS) is 2. The molecule has 0 aromatic heterocycles. The highest BCUT2D eigenvalue weighted by molar-refractivity contribution is 6.12. The number of hydrogen-bond acceptors (Lipinski definition) is 11. The van der Waals surface area contributed by atoms with Crippen molar-refractivity contribution in [2.75, 3.05) is 32.8 Å². The minimum Gasteiger partial charge on any atom is -0.493 e. The zero-order chi connectivity index (χ0) is 35.5. The Hall–Kier alpha value is -6.25. The van der Waals surface area contributed by atoms with Gasteiger partial charge in [-0.3, -0.25) is 4.79 Å². The molecule has 0 saturated heterocycles. The number of benzene rings is 4. The number of amides is 1. The number of rotatable bonds is 15. The number of hydrogen-bond donors (Lipinski definition) is 5. The summed E-state index contributed by atoms with van der Waals surface area (Å²) in [5.41, 5.74) is 2.75. The van der Waals surface area contributed by atoms with Gasteiger partial charge in [0.25, 0.3) is 5.91 Å². The fraction of sp³-hybridized carbons (Fsp3) is 0.171. The van der Waals surface area contributed by atoms with Crippen LogP contribution in [0.4, 0.5) is 5.69 Å². The standard InChI is InChI=1S/C35H32N2O12/c1-46-34(43)21-6-14-26(32(39)40)28(18-21)30(37-45)20-4-10-24(11-5-20)48-16-3-17-49-25-12-8-23(9-13-25)36-31(38)29-19-22(35(44)47-2)7-15-27(29)33(41)42/h4-15,18-19,30,37,45H,3,16-17H2,1-2H3,(H,36,38)(H,39,40)(H,41,42). The topological polar surface area (TPSA) is 207 Å². The average molecular weight is 673 g/mol. The second-order valence-corrected chi connectivity index (χ2v) is 10.3. The molecule has 0 spiro atoms. The molecule has 1 unspecified atom stereocenters. The van der Waals surface area contributed by atoms with E-state index in [-0.39, 0.29) is 33.4 Å². The highest BCUT2D eigenvalue weighted by atomic mass is 16.5. The first-order chi connectivity index (χ1) is 23.6. The molecule has 4 rings (SSSR count). The number of esters is 2. The van der Waals surface area contributed by atoms with E-state index in [9.17, 15) is 39.4 Å². The third-order valence-electron chi connectivity index (χ3n) is 7.21. The maximum atomic E-state index is 12.8. The summed E-state index contributed by atoms with van der Waals surface area (Å²) in [7, 11) is 2.39. The molecule has 1 atom stereocenters. The van der Waals surface area contributed by atoms with Crippen LogP contribution in [-0.2, 0) is 9.47 Å². The van der Waals surface area contributed by atoms with Crippen LogP contribution in [0.2, 0.25) is 0 Å². The van der Waals surface area contributed by atoms with Crippen molar-refractivity contribution in [3.63, 3.8) is 0 Å². The highest BCUT2D eigenvalue weighted by Crippen LogP contribution is 2.28. The predicted molar refractivity (Wildman–Crippen MR) is 173 cm³/mol. The number of carbonyl (C=O) groups excluding carboxylic acids is 3. The number of ether oxygens (including phenoxy) is 4. The van der Waals surface area contributed by atoms with Crippen LogP contribution in [0.1, 0.15) is 75.4 Å². The summed E-state index contributed by atoms with van der Waals surface area (Å²) in [6.45, 7) is 0.604. The first kappa shape index (κ1) is 35.6. The predicted octanol–water partition coefficient (Wildman–Crippen LogP) is 4.82. The van der Waals surface area contributed by atoms with Crippen LogP contribution >= 0.6 is 0 Å². The van der Waals surface area contributed by atoms with Gasteiger partial charge >= 0.3 is 23.9 Å². The minimum atomic E-state index is -1.32. The SMILES string of the molecule is COC(=O)c1ccc(C(=O)O)c(C(=O)Nc2ccc(OCCCOc3ccc(C(NO)c4cc(C(=O)OC)ccc4C(=O)O)cc3)cc2)c1. The van der Waals surface area contributed by atoms with E-state index in [0.717, 1.165) is 12.1 Å². The molecule has 4 aromatic rings. The van der Waals surface area contributed by atoms with Crippen molar-refractivity contribution >= 4 is 35.5 Å². The maximum absolute atomic E-state index is 12.8. The molecule has 49 heavy (non-hydrogen) atoms. The fourth-order valence-corrected chi connectivity index (χ4v) is 4.76. The maximum Gasteiger partial charge on any atom is 0.337 e. The van der Waals surface area contributed by atoms with E-state index in [1.807, 2.05) is 0 Å². The van der Waals surface area contributed by atoms with Crippen molar-refractivity contribution in [2.24, 2.45) is 0 Å². The summed E-state index contributed by atoms with van der Waals surface area (Å²) < 4.78 is 20.9. The summed E-state index contributed by atoms with van der Waals surface area (Å²) >= 11 is 0. The number of aromatic carboxylic acids is 2. The molecule has 5 N–H and O–H groups in total. The third kappa shape index (κ3) is 8.97. The van der Waals surface area contributed by atoms with E-state index in [0.29, 0.717) is 42.4 Å². The molecule has 14 heteroatoms. The molecule has 0 fully saturated rings. The van der Waals surface area contributed by atoms with Gasteiger partial charge in [0.2, 0.25) is 0 Å². The number of carbonyl (C=O) groups is 5. The Kier molecular flexibility index (Phi) is 12.0. The van der Waals surface area contributed by atoms with Gasteiger partial charge in [0, 0.05) is 12.1 Å². The summed E-state index contributed by atoms with van der Waals surface area (Å²) in [5, 5.41) is 31.6. The van der Waals surface area contributed by atoms with Gasteiger partial charge in [-0.1, -0.05) is 12.1 Å². The van der Waals surface area contributed by atoms with E-state index < -0.39 is 35.8 Å². The van der Waals surface area contributed by atoms with Crippen LogP contribution in [-0.4, -0.2) is 72.6 Å². The zero-order valence-electron chi connectivity index (χ0n) is 26.3. The first-order valence-corrected chi connectivity index (χ1v) is 14.6. The number of hydroxylamine groups is 1. The molecule has 14 nitrogen and oxygen atoms in total. The number of anilines is 1. The number of carboxylic acids is 2. The zero-order valence-corrected chi connectivity index (χ0v) is 26.3. The number of methoxy groups -OCH3 is 2. The van der Waals surface area contributed by atoms with Gasteiger partial charge in [-0.25, -0.2) is 19.2 Å². The molecule has 0 aliphatic carbocycles. The lowest BCUT2D eigenvalue weighted by Crippen LogP contribution is -2.22. The van der Waals surface area contributed by atoms with Crippen molar-refractivity contribution in [3.05, 3.63) is 124 Å².